The average Bonchev–Trinajstić information content (AvgIpc) is 2.73. The lowest BCUT2D eigenvalue weighted by Gasteiger charge is -2.27. The number of nitrogens with two attached hydrogens (primary N) is 3. The van der Waals surface area contributed by atoms with Crippen LogP contribution < -0.4 is 33.2 Å². The van der Waals surface area contributed by atoms with Gasteiger partial charge in [-0.2, -0.15) is 0 Å². The molecular formula is C20H38N6O6. The maximum atomic E-state index is 13.0. The van der Waals surface area contributed by atoms with Crippen molar-refractivity contribution in [2.75, 3.05) is 6.54 Å². The van der Waals surface area contributed by atoms with Crippen LogP contribution in [0.1, 0.15) is 59.3 Å². The fourth-order valence-electron chi connectivity index (χ4n) is 2.79. The van der Waals surface area contributed by atoms with E-state index in [2.05, 4.69) is 16.0 Å². The van der Waals surface area contributed by atoms with Crippen LogP contribution in [0.15, 0.2) is 0 Å². The largest absolute Gasteiger partial charge is 0.480 e. The van der Waals surface area contributed by atoms with Crippen LogP contribution in [0.3, 0.4) is 0 Å². The Hall–Kier alpha value is -2.73. The predicted molar refractivity (Wildman–Crippen MR) is 118 cm³/mol. The first-order chi connectivity index (χ1) is 14.9. The molecule has 32 heavy (non-hydrogen) atoms. The van der Waals surface area contributed by atoms with Gasteiger partial charge in [-0.3, -0.25) is 24.0 Å². The highest BCUT2D eigenvalue weighted by atomic mass is 16.4. The first-order valence-corrected chi connectivity index (χ1v) is 10.8. The monoisotopic (exact) mass is 458 g/mol. The normalized spacial score (nSPS) is 15.5. The minimum atomic E-state index is -1.21. The van der Waals surface area contributed by atoms with E-state index in [4.69, 9.17) is 22.3 Å². The number of hydrogen-bond donors (Lipinski definition) is 7. The van der Waals surface area contributed by atoms with Gasteiger partial charge in [0.1, 0.15) is 18.1 Å². The zero-order valence-electron chi connectivity index (χ0n) is 19.1. The smallest absolute Gasteiger partial charge is 0.325 e. The number of nitrogens with one attached hydrogen (secondary N) is 3. The van der Waals surface area contributed by atoms with Crippen molar-refractivity contribution in [1.29, 1.82) is 0 Å². The van der Waals surface area contributed by atoms with Crippen LogP contribution in [0.25, 0.3) is 0 Å². The molecule has 0 spiro atoms. The standard InChI is InChI=1S/C20H38N6O6/c1-4-11(2)16(26-17(28)13(22)8-9-15(23)27)19(30)25-14(7-5-6-10-21)18(29)24-12(3)20(31)32/h11-14,16H,4-10,21-22H2,1-3H3,(H2,23,27)(H,24,29)(H,25,30)(H,26,28)(H,31,32). The Morgan fingerprint density at radius 3 is 2.03 bits per heavy atom. The Balaban J connectivity index is 5.36. The minimum Gasteiger partial charge on any atom is -0.480 e. The zero-order chi connectivity index (χ0) is 24.8. The lowest BCUT2D eigenvalue weighted by atomic mass is 9.96. The molecule has 0 aliphatic carbocycles. The molecule has 0 aliphatic rings. The summed E-state index contributed by atoms with van der Waals surface area (Å²) in [5, 5.41) is 16.6. The molecule has 0 heterocycles. The molecule has 12 heteroatoms. The number of hydrogen-bond acceptors (Lipinski definition) is 7. The minimum absolute atomic E-state index is 0.0349. The van der Waals surface area contributed by atoms with Crippen LogP contribution in [0, 0.1) is 5.92 Å². The number of aliphatic carboxylic acids is 1. The van der Waals surface area contributed by atoms with E-state index in [0.717, 1.165) is 0 Å². The molecule has 12 nitrogen and oxygen atoms in total. The predicted octanol–water partition coefficient (Wildman–Crippen LogP) is -1.69. The van der Waals surface area contributed by atoms with Gasteiger partial charge in [0.15, 0.2) is 0 Å². The highest BCUT2D eigenvalue weighted by Crippen LogP contribution is 2.11. The Kier molecular flexibility index (Phi) is 13.8. The lowest BCUT2D eigenvalue weighted by molar-refractivity contribution is -0.142. The Morgan fingerprint density at radius 1 is 0.906 bits per heavy atom. The summed E-state index contributed by atoms with van der Waals surface area (Å²) in [6.07, 6.45) is 1.92. The van der Waals surface area contributed by atoms with Gasteiger partial charge in [-0.05, 0) is 45.1 Å². The van der Waals surface area contributed by atoms with E-state index >= 15 is 0 Å². The Morgan fingerprint density at radius 2 is 1.53 bits per heavy atom. The summed E-state index contributed by atoms with van der Waals surface area (Å²) in [5.74, 6) is -3.93. The van der Waals surface area contributed by atoms with Crippen LogP contribution in [0.4, 0.5) is 0 Å². The SMILES string of the molecule is CCC(C)C(NC(=O)C(N)CCC(N)=O)C(=O)NC(CCCCN)C(=O)NC(C)C(=O)O. The lowest BCUT2D eigenvalue weighted by Crippen LogP contribution is -2.58. The van der Waals surface area contributed by atoms with E-state index in [1.165, 1.54) is 6.92 Å². The molecule has 0 aromatic carbocycles. The summed E-state index contributed by atoms with van der Waals surface area (Å²) in [6.45, 7) is 5.32. The van der Waals surface area contributed by atoms with Crippen LogP contribution in [0.5, 0.6) is 0 Å². The van der Waals surface area contributed by atoms with Crippen LogP contribution in [-0.2, 0) is 24.0 Å². The van der Waals surface area contributed by atoms with Crippen LogP contribution in [0.2, 0.25) is 0 Å². The maximum Gasteiger partial charge on any atom is 0.325 e. The number of primary amides is 1. The second-order valence-corrected chi connectivity index (χ2v) is 7.90. The van der Waals surface area contributed by atoms with Gasteiger partial charge in [0.2, 0.25) is 23.6 Å². The first kappa shape index (κ1) is 29.3. The molecule has 0 aromatic heterocycles. The number of carbonyl (C=O) groups is 5. The second kappa shape index (κ2) is 15.1. The summed E-state index contributed by atoms with van der Waals surface area (Å²) < 4.78 is 0. The molecule has 0 saturated heterocycles. The van der Waals surface area contributed by atoms with Crippen molar-refractivity contribution in [2.45, 2.75) is 83.5 Å². The van der Waals surface area contributed by atoms with Crippen molar-refractivity contribution in [2.24, 2.45) is 23.1 Å². The Labute approximate surface area is 188 Å². The van der Waals surface area contributed by atoms with Crippen molar-refractivity contribution in [1.82, 2.24) is 16.0 Å². The highest BCUT2D eigenvalue weighted by molar-refractivity contribution is 5.94. The topological polar surface area (TPSA) is 220 Å². The van der Waals surface area contributed by atoms with E-state index in [-0.39, 0.29) is 25.2 Å². The van der Waals surface area contributed by atoms with Gasteiger partial charge in [0.25, 0.3) is 0 Å². The van der Waals surface area contributed by atoms with Gasteiger partial charge in [0.05, 0.1) is 6.04 Å². The molecule has 5 unspecified atom stereocenters. The maximum absolute atomic E-state index is 13.0. The highest BCUT2D eigenvalue weighted by Gasteiger charge is 2.31. The van der Waals surface area contributed by atoms with Crippen LogP contribution >= 0.6 is 0 Å². The van der Waals surface area contributed by atoms with E-state index in [1.807, 2.05) is 6.92 Å². The van der Waals surface area contributed by atoms with Crippen molar-refractivity contribution < 1.29 is 29.1 Å². The molecule has 0 fully saturated rings. The molecule has 184 valence electrons. The average molecular weight is 459 g/mol. The third-order valence-corrected chi connectivity index (χ3v) is 5.14. The van der Waals surface area contributed by atoms with E-state index in [1.54, 1.807) is 6.92 Å². The van der Waals surface area contributed by atoms with Crippen molar-refractivity contribution in [3.63, 3.8) is 0 Å². The van der Waals surface area contributed by atoms with E-state index < -0.39 is 53.8 Å². The van der Waals surface area contributed by atoms with Gasteiger partial charge < -0.3 is 38.3 Å². The Bertz CT molecular complexity index is 658. The van der Waals surface area contributed by atoms with Crippen molar-refractivity contribution in [3.8, 4) is 0 Å². The number of carboxylic acid groups (broad SMARTS) is 1. The van der Waals surface area contributed by atoms with E-state index in [9.17, 15) is 24.0 Å². The fourth-order valence-corrected chi connectivity index (χ4v) is 2.79. The number of amides is 4. The van der Waals surface area contributed by atoms with Gasteiger partial charge >= 0.3 is 5.97 Å². The summed E-state index contributed by atoms with van der Waals surface area (Å²) >= 11 is 0. The third kappa shape index (κ3) is 11.0. The third-order valence-electron chi connectivity index (χ3n) is 5.14. The molecule has 10 N–H and O–H groups in total. The number of unbranched alkanes of at least 4 members (excludes halogenated alkanes) is 1. The quantitative estimate of drug-likeness (QED) is 0.132. The molecule has 0 aliphatic heterocycles. The number of carbonyl (C=O) groups excluding carboxylic acids is 4. The summed E-state index contributed by atoms with van der Waals surface area (Å²) in [7, 11) is 0. The van der Waals surface area contributed by atoms with Gasteiger partial charge in [0, 0.05) is 6.42 Å². The van der Waals surface area contributed by atoms with Crippen LogP contribution in [-0.4, -0.2) is 65.4 Å². The summed E-state index contributed by atoms with van der Waals surface area (Å²) in [6, 6.07) is -4.14. The first-order valence-electron chi connectivity index (χ1n) is 10.8. The molecule has 0 saturated carbocycles. The molecule has 4 amide bonds. The van der Waals surface area contributed by atoms with Gasteiger partial charge in [-0.25, -0.2) is 0 Å². The molecule has 0 aromatic rings. The van der Waals surface area contributed by atoms with Gasteiger partial charge in [-0.1, -0.05) is 20.3 Å². The second-order valence-electron chi connectivity index (χ2n) is 7.90. The fraction of sp³-hybridized carbons (Fsp3) is 0.750. The number of carboxylic acids is 1. The molecule has 5 atom stereocenters. The van der Waals surface area contributed by atoms with E-state index in [0.29, 0.717) is 25.8 Å². The summed E-state index contributed by atoms with van der Waals surface area (Å²) in [4.78, 5) is 59.9. The molecular weight excluding hydrogens is 420 g/mol. The molecule has 0 radical (unpaired) electrons. The number of rotatable bonds is 16. The van der Waals surface area contributed by atoms with Crippen molar-refractivity contribution >= 4 is 29.6 Å². The van der Waals surface area contributed by atoms with Gasteiger partial charge in [-0.15, -0.1) is 0 Å². The molecule has 0 bridgehead atoms. The molecule has 0 rings (SSSR count). The zero-order valence-corrected chi connectivity index (χ0v) is 19.1. The summed E-state index contributed by atoms with van der Waals surface area (Å²) in [5.41, 5.74) is 16.4. The van der Waals surface area contributed by atoms with Crippen molar-refractivity contribution in [3.05, 3.63) is 0 Å².